The van der Waals surface area contributed by atoms with E-state index in [4.69, 9.17) is 10.5 Å². The highest BCUT2D eigenvalue weighted by atomic mass is 32.2. The molecule has 10 heteroatoms. The fourth-order valence-electron chi connectivity index (χ4n) is 2.88. The summed E-state index contributed by atoms with van der Waals surface area (Å²) in [7, 11) is -5.45. The van der Waals surface area contributed by atoms with Gasteiger partial charge >= 0.3 is 15.5 Å². The summed E-state index contributed by atoms with van der Waals surface area (Å²) < 4.78 is 66.3. The summed E-state index contributed by atoms with van der Waals surface area (Å²) in [6, 6.07) is 0.351. The number of alkyl halides is 3. The molecule has 0 spiro atoms. The van der Waals surface area contributed by atoms with Crippen LogP contribution in [0.4, 0.5) is 13.2 Å². The smallest absolute Gasteiger partial charge is 0.492 e. The highest BCUT2D eigenvalue weighted by molar-refractivity contribution is 7.90. The summed E-state index contributed by atoms with van der Waals surface area (Å²) in [6.45, 7) is 2.71. The third-order valence-corrected chi connectivity index (χ3v) is 5.38. The highest BCUT2D eigenvalue weighted by Crippen LogP contribution is 2.34. The van der Waals surface area contributed by atoms with Crippen molar-refractivity contribution in [2.24, 2.45) is 5.73 Å². The van der Waals surface area contributed by atoms with Gasteiger partial charge in [-0.05, 0) is 55.9 Å². The zero-order chi connectivity index (χ0) is 19.0. The van der Waals surface area contributed by atoms with Gasteiger partial charge in [0.25, 0.3) is 0 Å². The van der Waals surface area contributed by atoms with E-state index in [-0.39, 0.29) is 6.61 Å². The molecule has 1 amide bonds. The fourth-order valence-corrected chi connectivity index (χ4v) is 3.61. The molecule has 0 aliphatic heterocycles. The third-order valence-electron chi connectivity index (χ3n) is 4.06. The Kier molecular flexibility index (Phi) is 5.33. The van der Waals surface area contributed by atoms with Gasteiger partial charge in [0.1, 0.15) is 12.4 Å². The molecule has 3 N–H and O–H groups in total. The van der Waals surface area contributed by atoms with E-state index in [1.807, 2.05) is 0 Å². The Hall–Kier alpha value is -1.81. The molecule has 1 aliphatic carbocycles. The molecule has 1 unspecified atom stereocenters. The van der Waals surface area contributed by atoms with Gasteiger partial charge in [0, 0.05) is 5.56 Å². The lowest BCUT2D eigenvalue weighted by Gasteiger charge is -2.19. The SMILES string of the molecule is Cc1c(OCC(C)NS(=O)(=O)C(F)(F)F)cc(C(N)=O)c2c1CCC2. The maximum Gasteiger partial charge on any atom is 0.511 e. The van der Waals surface area contributed by atoms with Gasteiger partial charge in [-0.1, -0.05) is 0 Å². The lowest BCUT2D eigenvalue weighted by atomic mass is 9.97. The summed E-state index contributed by atoms with van der Waals surface area (Å²) >= 11 is 0. The Bertz CT molecular complexity index is 791. The van der Waals surface area contributed by atoms with Gasteiger partial charge in [0.2, 0.25) is 5.91 Å². The minimum absolute atomic E-state index is 0.313. The Labute approximate surface area is 143 Å². The maximum absolute atomic E-state index is 12.4. The normalized spacial score (nSPS) is 15.7. The number of hydrogen-bond acceptors (Lipinski definition) is 4. The molecule has 1 aromatic carbocycles. The van der Waals surface area contributed by atoms with Crippen molar-refractivity contribution in [1.82, 2.24) is 4.72 Å². The van der Waals surface area contributed by atoms with Crippen LogP contribution in [0.2, 0.25) is 0 Å². The fraction of sp³-hybridized carbons (Fsp3) is 0.533. The monoisotopic (exact) mass is 380 g/mol. The molecule has 25 heavy (non-hydrogen) atoms. The summed E-state index contributed by atoms with van der Waals surface area (Å²) in [5.74, 6) is -0.290. The molecule has 1 atom stereocenters. The average molecular weight is 380 g/mol. The second kappa shape index (κ2) is 6.83. The number of amides is 1. The number of fused-ring (bicyclic) bond motifs is 1. The summed E-state index contributed by atoms with van der Waals surface area (Å²) in [6.07, 6.45) is 2.37. The number of nitrogens with one attached hydrogen (secondary N) is 1. The molecular formula is C15H19F3N2O4S. The number of hydrogen-bond donors (Lipinski definition) is 2. The first-order valence-corrected chi connectivity index (χ1v) is 9.09. The van der Waals surface area contributed by atoms with Crippen LogP contribution >= 0.6 is 0 Å². The van der Waals surface area contributed by atoms with E-state index in [9.17, 15) is 26.4 Å². The van der Waals surface area contributed by atoms with Crippen molar-refractivity contribution < 1.29 is 31.1 Å². The van der Waals surface area contributed by atoms with Crippen LogP contribution < -0.4 is 15.2 Å². The topological polar surface area (TPSA) is 98.5 Å². The predicted octanol–water partition coefficient (Wildman–Crippen LogP) is 1.79. The first-order chi connectivity index (χ1) is 11.4. The Morgan fingerprint density at radius 1 is 1.36 bits per heavy atom. The standard InChI is InChI=1S/C15H19F3N2O4S/c1-8(20-25(22,23)15(16,17)18)7-24-13-6-12(14(19)21)11-5-3-4-10(11)9(13)2/h6,8,20H,3-5,7H2,1-2H3,(H2,19,21). The maximum atomic E-state index is 12.4. The molecule has 140 valence electrons. The van der Waals surface area contributed by atoms with Crippen LogP contribution in [0.15, 0.2) is 6.07 Å². The van der Waals surface area contributed by atoms with Crippen LogP contribution in [0.3, 0.4) is 0 Å². The highest BCUT2D eigenvalue weighted by Gasteiger charge is 2.46. The second-order valence-corrected chi connectivity index (χ2v) is 7.71. The summed E-state index contributed by atoms with van der Waals surface area (Å²) in [5, 5.41) is 0. The van der Waals surface area contributed by atoms with Crippen LogP contribution in [-0.4, -0.2) is 32.5 Å². The molecule has 2 rings (SSSR count). The lowest BCUT2D eigenvalue weighted by molar-refractivity contribution is -0.0451. The number of carbonyl (C=O) groups is 1. The zero-order valence-corrected chi connectivity index (χ0v) is 14.6. The second-order valence-electron chi connectivity index (χ2n) is 6.00. The van der Waals surface area contributed by atoms with Crippen molar-refractivity contribution in [3.05, 3.63) is 28.3 Å². The van der Waals surface area contributed by atoms with Crippen molar-refractivity contribution in [3.63, 3.8) is 0 Å². The van der Waals surface area contributed by atoms with Crippen LogP contribution in [-0.2, 0) is 22.9 Å². The van der Waals surface area contributed by atoms with E-state index in [1.54, 1.807) is 6.92 Å². The van der Waals surface area contributed by atoms with E-state index >= 15 is 0 Å². The summed E-state index contributed by atoms with van der Waals surface area (Å²) in [4.78, 5) is 11.6. The average Bonchev–Trinajstić information content (AvgIpc) is 2.94. The molecule has 0 radical (unpaired) electrons. The predicted molar refractivity (Wildman–Crippen MR) is 84.8 cm³/mol. The zero-order valence-electron chi connectivity index (χ0n) is 13.7. The molecular weight excluding hydrogens is 361 g/mol. The molecule has 0 bridgehead atoms. The van der Waals surface area contributed by atoms with Crippen molar-refractivity contribution in [2.75, 3.05) is 6.61 Å². The van der Waals surface area contributed by atoms with Gasteiger partial charge in [-0.3, -0.25) is 4.79 Å². The van der Waals surface area contributed by atoms with Crippen LogP contribution in [0.25, 0.3) is 0 Å². The first kappa shape index (κ1) is 19.5. The number of rotatable bonds is 6. The van der Waals surface area contributed by atoms with Gasteiger partial charge < -0.3 is 10.5 Å². The first-order valence-electron chi connectivity index (χ1n) is 7.60. The van der Waals surface area contributed by atoms with Crippen molar-refractivity contribution in [3.8, 4) is 5.75 Å². The van der Waals surface area contributed by atoms with Gasteiger partial charge in [-0.15, -0.1) is 0 Å². The minimum atomic E-state index is -5.45. The Morgan fingerprint density at radius 3 is 2.52 bits per heavy atom. The van der Waals surface area contributed by atoms with Gasteiger partial charge in [-0.25, -0.2) is 13.1 Å². The van der Waals surface area contributed by atoms with Crippen LogP contribution in [0.5, 0.6) is 5.75 Å². The number of primary amides is 1. The van der Waals surface area contributed by atoms with E-state index in [2.05, 4.69) is 0 Å². The molecule has 1 aromatic rings. The quantitative estimate of drug-likeness (QED) is 0.786. The number of carbonyl (C=O) groups excluding carboxylic acids is 1. The molecule has 0 fully saturated rings. The molecule has 0 heterocycles. The Morgan fingerprint density at radius 2 is 1.96 bits per heavy atom. The number of nitrogens with two attached hydrogens (primary N) is 1. The van der Waals surface area contributed by atoms with E-state index < -0.39 is 27.5 Å². The van der Waals surface area contributed by atoms with Crippen LogP contribution in [0, 0.1) is 6.92 Å². The minimum Gasteiger partial charge on any atom is -0.492 e. The van der Waals surface area contributed by atoms with Crippen molar-refractivity contribution in [1.29, 1.82) is 0 Å². The molecule has 1 aliphatic rings. The van der Waals surface area contributed by atoms with Gasteiger partial charge in [0.15, 0.2) is 0 Å². The van der Waals surface area contributed by atoms with E-state index in [0.717, 1.165) is 36.0 Å². The number of sulfonamides is 1. The van der Waals surface area contributed by atoms with E-state index in [1.165, 1.54) is 17.7 Å². The van der Waals surface area contributed by atoms with Crippen molar-refractivity contribution in [2.45, 2.75) is 44.7 Å². The van der Waals surface area contributed by atoms with Gasteiger partial charge in [-0.2, -0.15) is 13.2 Å². The molecule has 0 saturated carbocycles. The van der Waals surface area contributed by atoms with E-state index in [0.29, 0.717) is 11.3 Å². The lowest BCUT2D eigenvalue weighted by Crippen LogP contribution is -2.43. The number of ether oxygens (including phenoxy) is 1. The van der Waals surface area contributed by atoms with Crippen molar-refractivity contribution >= 4 is 15.9 Å². The molecule has 0 saturated heterocycles. The van der Waals surface area contributed by atoms with Gasteiger partial charge in [0.05, 0.1) is 6.04 Å². The number of benzene rings is 1. The molecule has 6 nitrogen and oxygen atoms in total. The Balaban J connectivity index is 2.16. The third kappa shape index (κ3) is 4.06. The molecule has 0 aromatic heterocycles. The summed E-state index contributed by atoms with van der Waals surface area (Å²) in [5.41, 5.74) is 2.94. The number of halogens is 3. The van der Waals surface area contributed by atoms with Crippen LogP contribution in [0.1, 0.15) is 40.4 Å². The largest absolute Gasteiger partial charge is 0.511 e.